The molecule has 10 nitrogen and oxygen atoms in total. The van der Waals surface area contributed by atoms with Gasteiger partial charge in [-0.1, -0.05) is 18.2 Å². The topological polar surface area (TPSA) is 126 Å². The van der Waals surface area contributed by atoms with Crippen LogP contribution in [-0.4, -0.2) is 44.5 Å². The van der Waals surface area contributed by atoms with Crippen molar-refractivity contribution in [1.29, 1.82) is 0 Å². The zero-order valence-electron chi connectivity index (χ0n) is 17.5. The van der Waals surface area contributed by atoms with Crippen molar-refractivity contribution in [2.75, 3.05) is 6.54 Å². The fraction of sp³-hybridized carbons (Fsp3) is 0.217. The van der Waals surface area contributed by atoms with E-state index in [9.17, 15) is 24.5 Å². The maximum absolute atomic E-state index is 13.2. The van der Waals surface area contributed by atoms with E-state index in [0.29, 0.717) is 17.0 Å². The molecule has 4 rings (SSSR count). The summed E-state index contributed by atoms with van der Waals surface area (Å²) < 4.78 is 6.63. The van der Waals surface area contributed by atoms with Gasteiger partial charge in [-0.2, -0.15) is 14.3 Å². The lowest BCUT2D eigenvalue weighted by molar-refractivity contribution is -0.456. The van der Waals surface area contributed by atoms with Crippen molar-refractivity contribution in [2.24, 2.45) is 5.92 Å². The van der Waals surface area contributed by atoms with E-state index in [0.717, 1.165) is 4.90 Å². The molecule has 0 spiro atoms. The molecule has 2 aliphatic rings. The highest BCUT2D eigenvalue weighted by molar-refractivity contribution is 6.16. The first-order chi connectivity index (χ1) is 15.9. The molecule has 1 unspecified atom stereocenters. The van der Waals surface area contributed by atoms with Gasteiger partial charge in [0.25, 0.3) is 5.69 Å². The van der Waals surface area contributed by atoms with Crippen LogP contribution in [-0.2, 0) is 22.7 Å². The number of hydrogen-bond acceptors (Lipinski definition) is 6. The number of furan rings is 1. The molecule has 0 saturated carbocycles. The molecule has 1 atom stereocenters. The van der Waals surface area contributed by atoms with E-state index in [1.54, 1.807) is 48.6 Å². The first kappa shape index (κ1) is 21.9. The molecule has 1 N–H and O–H groups in total. The van der Waals surface area contributed by atoms with Crippen molar-refractivity contribution < 1.29 is 28.3 Å². The van der Waals surface area contributed by atoms with Crippen LogP contribution < -0.4 is 5.32 Å². The molecular formula is C23H21N4O6+. The maximum atomic E-state index is 13.2. The van der Waals surface area contributed by atoms with Crippen LogP contribution in [0, 0.1) is 16.0 Å². The lowest BCUT2D eigenvalue weighted by Gasteiger charge is -2.26. The highest BCUT2D eigenvalue weighted by Gasteiger charge is 2.46. The Morgan fingerprint density at radius 1 is 1.18 bits per heavy atom. The lowest BCUT2D eigenvalue weighted by atomic mass is 9.94. The number of hydrogen-bond donors (Lipinski definition) is 1. The van der Waals surface area contributed by atoms with Crippen LogP contribution in [0.15, 0.2) is 71.4 Å². The molecule has 0 radical (unpaired) electrons. The molecule has 0 fully saturated rings. The Bertz CT molecular complexity index is 1180. The molecule has 0 saturated heterocycles. The van der Waals surface area contributed by atoms with E-state index in [-0.39, 0.29) is 37.6 Å². The van der Waals surface area contributed by atoms with E-state index in [2.05, 4.69) is 5.32 Å². The number of rotatable bonds is 8. The van der Waals surface area contributed by atoms with Gasteiger partial charge >= 0.3 is 11.9 Å². The van der Waals surface area contributed by atoms with Crippen molar-refractivity contribution in [3.05, 3.63) is 88.4 Å². The molecule has 10 heteroatoms. The standard InChI is InChI=1S/C23H20N4O6/c28-21(24-14-18-4-3-13-33-18)11-12-25-22(29)19-5-1-2-6-20(19)26(23(25)30)15-16-7-9-17(10-8-16)27(31)32/h1-10,13,19H,11-12,14-15H2/p+1. The zero-order chi connectivity index (χ0) is 23.4. The highest BCUT2D eigenvalue weighted by atomic mass is 16.6. The number of nitro groups is 1. The quantitative estimate of drug-likeness (QED) is 0.375. The fourth-order valence-corrected chi connectivity index (χ4v) is 3.69. The van der Waals surface area contributed by atoms with Crippen LogP contribution in [0.4, 0.5) is 10.5 Å². The van der Waals surface area contributed by atoms with Crippen molar-refractivity contribution >= 4 is 29.2 Å². The molecule has 33 heavy (non-hydrogen) atoms. The summed E-state index contributed by atoms with van der Waals surface area (Å²) in [4.78, 5) is 49.9. The monoisotopic (exact) mass is 449 g/mol. The second kappa shape index (κ2) is 9.43. The minimum Gasteiger partial charge on any atom is -0.467 e. The Morgan fingerprint density at radius 2 is 1.97 bits per heavy atom. The van der Waals surface area contributed by atoms with Crippen LogP contribution in [0.1, 0.15) is 17.7 Å². The molecule has 168 valence electrons. The summed E-state index contributed by atoms with van der Waals surface area (Å²) in [5.74, 6) is -0.754. The van der Waals surface area contributed by atoms with E-state index in [1.165, 1.54) is 23.0 Å². The molecule has 1 aliphatic carbocycles. The Morgan fingerprint density at radius 3 is 2.67 bits per heavy atom. The van der Waals surface area contributed by atoms with Gasteiger partial charge in [0.1, 0.15) is 30.5 Å². The summed E-state index contributed by atoms with van der Waals surface area (Å²) in [6.45, 7) is 0.281. The third-order valence-corrected chi connectivity index (χ3v) is 5.40. The molecule has 1 aromatic heterocycles. The van der Waals surface area contributed by atoms with Gasteiger partial charge in [-0.05, 0) is 35.9 Å². The molecule has 4 amide bonds. The number of allylic oxidation sites excluding steroid dienone is 3. The number of imide groups is 1. The highest BCUT2D eigenvalue weighted by Crippen LogP contribution is 2.22. The summed E-state index contributed by atoms with van der Waals surface area (Å²) in [5.41, 5.74) is 1.16. The predicted octanol–water partition coefficient (Wildman–Crippen LogP) is 2.55. The molecule has 2 aromatic rings. The third-order valence-electron chi connectivity index (χ3n) is 5.40. The number of nitrogens with zero attached hydrogens (tertiary/aromatic N) is 3. The third kappa shape index (κ3) is 4.79. The number of nitro benzene ring substituents is 1. The number of carbonyl (C=O) groups is 3. The first-order valence-corrected chi connectivity index (χ1v) is 10.3. The van der Waals surface area contributed by atoms with Gasteiger partial charge in [-0.15, -0.1) is 0 Å². The molecular weight excluding hydrogens is 428 g/mol. The zero-order valence-corrected chi connectivity index (χ0v) is 17.5. The van der Waals surface area contributed by atoms with Gasteiger partial charge in [-0.3, -0.25) is 14.9 Å². The van der Waals surface area contributed by atoms with Crippen LogP contribution >= 0.6 is 0 Å². The number of nitrogens with one attached hydrogen (secondary N) is 1. The number of benzene rings is 1. The first-order valence-electron chi connectivity index (χ1n) is 10.3. The molecule has 2 heterocycles. The minimum atomic E-state index is -0.642. The number of non-ortho nitro benzene ring substituents is 1. The van der Waals surface area contributed by atoms with Gasteiger partial charge in [0.2, 0.25) is 5.91 Å². The van der Waals surface area contributed by atoms with Gasteiger partial charge in [-0.25, -0.2) is 4.79 Å². The Hall–Kier alpha value is -4.34. The second-order valence-electron chi connectivity index (χ2n) is 7.53. The number of carbonyl (C=O) groups excluding carboxylic acids is 3. The lowest BCUT2D eigenvalue weighted by Crippen LogP contribution is -2.54. The Balaban J connectivity index is 1.49. The molecule has 0 bridgehead atoms. The average molecular weight is 449 g/mol. The Kier molecular flexibility index (Phi) is 6.25. The van der Waals surface area contributed by atoms with Gasteiger partial charge in [0.15, 0.2) is 0 Å². The number of urea groups is 1. The smallest absolute Gasteiger partial charge is 0.467 e. The predicted molar refractivity (Wildman–Crippen MR) is 116 cm³/mol. The molecule has 1 aliphatic heterocycles. The van der Waals surface area contributed by atoms with Crippen molar-refractivity contribution in [1.82, 2.24) is 10.2 Å². The van der Waals surface area contributed by atoms with Crippen molar-refractivity contribution in [3.63, 3.8) is 0 Å². The fourth-order valence-electron chi connectivity index (χ4n) is 3.69. The normalized spacial score (nSPS) is 17.3. The van der Waals surface area contributed by atoms with Gasteiger partial charge in [0.05, 0.1) is 24.2 Å². The van der Waals surface area contributed by atoms with Crippen molar-refractivity contribution in [2.45, 2.75) is 19.5 Å². The summed E-state index contributed by atoms with van der Waals surface area (Å²) >= 11 is 0. The average Bonchev–Trinajstić information content (AvgIpc) is 3.34. The summed E-state index contributed by atoms with van der Waals surface area (Å²) in [6.07, 6.45) is 8.35. The SMILES string of the molecule is O=C(CCN1C(=O)C2C=CC=CC2=[N+](Cc2ccc([N+](=O)[O-])cc2)C1=O)NCc1ccco1. The van der Waals surface area contributed by atoms with E-state index < -0.39 is 22.8 Å². The largest absolute Gasteiger partial charge is 0.501 e. The minimum absolute atomic E-state index is 0.0490. The van der Waals surface area contributed by atoms with Crippen molar-refractivity contribution in [3.8, 4) is 0 Å². The summed E-state index contributed by atoms with van der Waals surface area (Å²) in [7, 11) is 0. The number of fused-ring (bicyclic) bond motifs is 1. The van der Waals surface area contributed by atoms with Crippen LogP contribution in [0.3, 0.4) is 0 Å². The summed E-state index contributed by atoms with van der Waals surface area (Å²) in [5, 5.41) is 13.6. The summed E-state index contributed by atoms with van der Waals surface area (Å²) in [6, 6.07) is 8.80. The molecule has 1 aromatic carbocycles. The van der Waals surface area contributed by atoms with Gasteiger partial charge < -0.3 is 9.73 Å². The van der Waals surface area contributed by atoms with Crippen LogP contribution in [0.25, 0.3) is 0 Å². The maximum Gasteiger partial charge on any atom is 0.501 e. The van der Waals surface area contributed by atoms with E-state index in [1.807, 2.05) is 0 Å². The Labute approximate surface area is 188 Å². The van der Waals surface area contributed by atoms with E-state index in [4.69, 9.17) is 4.42 Å². The second-order valence-corrected chi connectivity index (χ2v) is 7.53. The van der Waals surface area contributed by atoms with Crippen LogP contribution in [0.5, 0.6) is 0 Å². The van der Waals surface area contributed by atoms with E-state index >= 15 is 0 Å². The van der Waals surface area contributed by atoms with Crippen LogP contribution in [0.2, 0.25) is 0 Å². The number of amides is 4. The van der Waals surface area contributed by atoms with Gasteiger partial charge in [0, 0.05) is 12.1 Å².